The molecule has 198 valence electrons. The van der Waals surface area contributed by atoms with Crippen LogP contribution in [-0.2, 0) is 28.6 Å². The predicted molar refractivity (Wildman–Crippen MR) is 141 cm³/mol. The van der Waals surface area contributed by atoms with E-state index in [1.54, 1.807) is 40.7 Å². The Kier molecular flexibility index (Phi) is 12.4. The van der Waals surface area contributed by atoms with Gasteiger partial charge in [-0.15, -0.1) is 12.4 Å². The van der Waals surface area contributed by atoms with Crippen LogP contribution in [0.3, 0.4) is 0 Å². The number of hydrogen-bond donors (Lipinski definition) is 1. The molecule has 1 atom stereocenters. The molecule has 0 aliphatic carbocycles. The zero-order chi connectivity index (χ0) is 26.1. The van der Waals surface area contributed by atoms with E-state index in [1.165, 1.54) is 6.08 Å². The van der Waals surface area contributed by atoms with Crippen molar-refractivity contribution in [1.82, 2.24) is 10.2 Å². The van der Waals surface area contributed by atoms with Crippen LogP contribution in [-0.4, -0.2) is 62.8 Å². The Balaban J connectivity index is 0.00000648. The molecule has 0 amide bonds. The molecular weight excluding hydrogens is 484 g/mol. The molecule has 1 aliphatic rings. The van der Waals surface area contributed by atoms with Crippen LogP contribution in [0.5, 0.6) is 0 Å². The Labute approximate surface area is 219 Å². The van der Waals surface area contributed by atoms with E-state index < -0.39 is 23.8 Å². The van der Waals surface area contributed by atoms with Crippen LogP contribution >= 0.6 is 12.4 Å². The Hall–Kier alpha value is -3.10. The van der Waals surface area contributed by atoms with Gasteiger partial charge in [0, 0.05) is 24.0 Å². The number of nitrogens with one attached hydrogen (secondary N) is 1. The Morgan fingerprint density at radius 2 is 1.61 bits per heavy atom. The fraction of sp³-hybridized carbons (Fsp3) is 0.444. The third kappa shape index (κ3) is 7.96. The third-order valence-corrected chi connectivity index (χ3v) is 5.17. The first-order valence-corrected chi connectivity index (χ1v) is 11.8. The first-order valence-electron chi connectivity index (χ1n) is 11.8. The van der Waals surface area contributed by atoms with Gasteiger partial charge < -0.3 is 24.4 Å². The monoisotopic (exact) mass is 520 g/mol. The summed E-state index contributed by atoms with van der Waals surface area (Å²) in [5.41, 5.74) is 3.23. The number of likely N-dealkylation sites (N-methyl/N-ethyl adjacent to an activating group) is 1. The lowest BCUT2D eigenvalue weighted by Crippen LogP contribution is -2.37. The highest BCUT2D eigenvalue weighted by atomic mass is 35.5. The normalized spacial score (nSPS) is 15.6. The first kappa shape index (κ1) is 30.9. The summed E-state index contributed by atoms with van der Waals surface area (Å²) in [5, 5.41) is 3.24. The van der Waals surface area contributed by atoms with Crippen molar-refractivity contribution in [2.24, 2.45) is 0 Å². The quantitative estimate of drug-likeness (QED) is 0.281. The highest BCUT2D eigenvalue weighted by Gasteiger charge is 2.39. The van der Waals surface area contributed by atoms with Gasteiger partial charge in [-0.25, -0.2) is 14.4 Å². The molecule has 1 aromatic carbocycles. The van der Waals surface area contributed by atoms with E-state index in [4.69, 9.17) is 14.2 Å². The molecule has 9 heteroatoms. The Morgan fingerprint density at radius 3 is 2.17 bits per heavy atom. The van der Waals surface area contributed by atoms with E-state index in [1.807, 2.05) is 43.3 Å². The second kappa shape index (κ2) is 14.5. The van der Waals surface area contributed by atoms with Crippen LogP contribution in [0.25, 0.3) is 6.08 Å². The van der Waals surface area contributed by atoms with Crippen molar-refractivity contribution in [1.29, 1.82) is 0 Å². The van der Waals surface area contributed by atoms with E-state index in [2.05, 4.69) is 5.32 Å². The third-order valence-electron chi connectivity index (χ3n) is 5.17. The summed E-state index contributed by atoms with van der Waals surface area (Å²) in [4.78, 5) is 40.5. The zero-order valence-electron chi connectivity index (χ0n) is 22.0. The van der Waals surface area contributed by atoms with Crippen LogP contribution in [0.2, 0.25) is 0 Å². The lowest BCUT2D eigenvalue weighted by molar-refractivity contribution is -0.142. The average Bonchev–Trinajstić information content (AvgIpc) is 2.76. The van der Waals surface area contributed by atoms with E-state index in [0.29, 0.717) is 40.2 Å². The van der Waals surface area contributed by atoms with Gasteiger partial charge in [0.1, 0.15) is 0 Å². The summed E-state index contributed by atoms with van der Waals surface area (Å²) >= 11 is 0. The maximum absolute atomic E-state index is 13.3. The number of nitrogens with zero attached hydrogens (tertiary/aromatic N) is 1. The van der Waals surface area contributed by atoms with Crippen molar-refractivity contribution in [2.45, 2.75) is 46.6 Å². The molecule has 0 saturated carbocycles. The van der Waals surface area contributed by atoms with Crippen LogP contribution in [0.15, 0.2) is 52.9 Å². The summed E-state index contributed by atoms with van der Waals surface area (Å²) in [6, 6.07) is 7.31. The van der Waals surface area contributed by atoms with Gasteiger partial charge in [-0.1, -0.05) is 24.3 Å². The minimum atomic E-state index is -0.758. The molecule has 1 heterocycles. The molecule has 0 spiro atoms. The van der Waals surface area contributed by atoms with Crippen molar-refractivity contribution in [3.05, 3.63) is 64.0 Å². The summed E-state index contributed by atoms with van der Waals surface area (Å²) in [5.74, 6) is -2.28. The molecular formula is C27H37ClN2O6. The number of carbonyl (C=O) groups excluding carboxylic acids is 3. The van der Waals surface area contributed by atoms with Gasteiger partial charge in [0.2, 0.25) is 0 Å². The summed E-state index contributed by atoms with van der Waals surface area (Å²) in [6.07, 6.45) is 2.73. The lowest BCUT2D eigenvalue weighted by atomic mass is 9.78. The number of carbonyl (C=O) groups is 3. The number of benzene rings is 1. The first-order chi connectivity index (χ1) is 16.6. The predicted octanol–water partition coefficient (Wildman–Crippen LogP) is 3.98. The zero-order valence-corrected chi connectivity index (χ0v) is 22.9. The van der Waals surface area contributed by atoms with Gasteiger partial charge in [-0.3, -0.25) is 0 Å². The number of rotatable bonds is 10. The molecule has 0 radical (unpaired) electrons. The smallest absolute Gasteiger partial charge is 0.336 e. The van der Waals surface area contributed by atoms with Gasteiger partial charge in [-0.05, 0) is 65.9 Å². The highest BCUT2D eigenvalue weighted by molar-refractivity contribution is 6.00. The molecule has 36 heavy (non-hydrogen) atoms. The molecule has 0 unspecified atom stereocenters. The number of halogens is 1. The molecule has 1 aliphatic heterocycles. The fourth-order valence-corrected chi connectivity index (χ4v) is 3.93. The van der Waals surface area contributed by atoms with E-state index in [0.717, 1.165) is 0 Å². The minimum Gasteiger partial charge on any atom is -0.463 e. The highest BCUT2D eigenvalue weighted by Crippen LogP contribution is 2.41. The second-order valence-electron chi connectivity index (χ2n) is 8.62. The molecule has 0 fully saturated rings. The van der Waals surface area contributed by atoms with Gasteiger partial charge >= 0.3 is 17.9 Å². The Bertz CT molecular complexity index is 1040. The van der Waals surface area contributed by atoms with Crippen LogP contribution in [0.4, 0.5) is 0 Å². The molecule has 0 saturated heterocycles. The average molecular weight is 521 g/mol. The fourth-order valence-electron chi connectivity index (χ4n) is 3.93. The standard InChI is InChI=1S/C27H36N2O6.ClH/c1-8-33-26(31)23-18(5)28-21(16-29(6)7)25(27(32)34-9-2)24(23)20-13-11-10-12-19(20)14-15-22(30)35-17(3)4;/h10-15,17,24,28H,8-9,16H2,1-7H3;1H/b15-14+;/t24-;/m0./s1. The molecule has 0 aromatic heterocycles. The number of dihydropyridines is 1. The molecule has 1 aromatic rings. The van der Waals surface area contributed by atoms with Crippen LogP contribution in [0.1, 0.15) is 51.7 Å². The lowest BCUT2D eigenvalue weighted by Gasteiger charge is -2.33. The molecule has 2 rings (SSSR count). The topological polar surface area (TPSA) is 94.2 Å². The van der Waals surface area contributed by atoms with Crippen molar-refractivity contribution < 1.29 is 28.6 Å². The van der Waals surface area contributed by atoms with Gasteiger partial charge in [0.05, 0.1) is 36.4 Å². The molecule has 8 nitrogen and oxygen atoms in total. The number of allylic oxidation sites excluding steroid dienone is 1. The SMILES string of the molecule is CCOC(=O)C1=C(C)NC(CN(C)C)=C(C(=O)OCC)[C@H]1c1ccccc1/C=C/C(=O)OC(C)C.Cl. The number of esters is 3. The van der Waals surface area contributed by atoms with Crippen molar-refractivity contribution >= 4 is 36.4 Å². The van der Waals surface area contributed by atoms with E-state index in [-0.39, 0.29) is 31.7 Å². The van der Waals surface area contributed by atoms with Crippen LogP contribution in [0, 0.1) is 0 Å². The van der Waals surface area contributed by atoms with Gasteiger partial charge in [0.25, 0.3) is 0 Å². The molecule has 0 bridgehead atoms. The maximum Gasteiger partial charge on any atom is 0.336 e. The van der Waals surface area contributed by atoms with Crippen molar-refractivity contribution in [2.75, 3.05) is 33.9 Å². The maximum atomic E-state index is 13.3. The van der Waals surface area contributed by atoms with Crippen molar-refractivity contribution in [3.63, 3.8) is 0 Å². The number of hydrogen-bond acceptors (Lipinski definition) is 8. The van der Waals surface area contributed by atoms with Crippen molar-refractivity contribution in [3.8, 4) is 0 Å². The minimum absolute atomic E-state index is 0. The van der Waals surface area contributed by atoms with E-state index in [9.17, 15) is 14.4 Å². The van der Waals surface area contributed by atoms with E-state index >= 15 is 0 Å². The van der Waals surface area contributed by atoms with Gasteiger partial charge in [0.15, 0.2) is 0 Å². The number of ether oxygens (including phenoxy) is 3. The summed E-state index contributed by atoms with van der Waals surface area (Å²) in [6.45, 7) is 9.60. The second-order valence-corrected chi connectivity index (χ2v) is 8.62. The molecule has 1 N–H and O–H groups in total. The largest absolute Gasteiger partial charge is 0.463 e. The van der Waals surface area contributed by atoms with Gasteiger partial charge in [-0.2, -0.15) is 0 Å². The summed E-state index contributed by atoms with van der Waals surface area (Å²) < 4.78 is 16.0. The Morgan fingerprint density at radius 1 is 1.03 bits per heavy atom. The van der Waals surface area contributed by atoms with Crippen LogP contribution < -0.4 is 5.32 Å². The summed E-state index contributed by atoms with van der Waals surface area (Å²) in [7, 11) is 3.78.